The van der Waals surface area contributed by atoms with Crippen LogP contribution in [0.1, 0.15) is 24.2 Å². The molecule has 4 rings (SSSR count). The molecule has 0 spiro atoms. The smallest absolute Gasteiger partial charge is 0.127 e. The Kier molecular flexibility index (Phi) is 3.87. The van der Waals surface area contributed by atoms with Gasteiger partial charge in [-0.3, -0.25) is 0 Å². The molecule has 0 radical (unpaired) electrons. The number of hydrogen-bond donors (Lipinski definition) is 0. The molecule has 4 aromatic rings. The van der Waals surface area contributed by atoms with Gasteiger partial charge in [0, 0.05) is 17.8 Å². The van der Waals surface area contributed by atoms with Gasteiger partial charge in [0.1, 0.15) is 5.15 Å². The lowest BCUT2D eigenvalue weighted by molar-refractivity contribution is 0.603. The van der Waals surface area contributed by atoms with E-state index in [0.717, 1.165) is 5.69 Å². The van der Waals surface area contributed by atoms with Crippen LogP contribution in [0, 0.1) is 0 Å². The molecule has 3 nitrogen and oxygen atoms in total. The third kappa shape index (κ3) is 2.72. The quantitative estimate of drug-likeness (QED) is 0.505. The van der Waals surface area contributed by atoms with E-state index < -0.39 is 0 Å². The molecular weight excluding hydrogens is 318 g/mol. The highest BCUT2D eigenvalue weighted by molar-refractivity contribution is 6.29. The van der Waals surface area contributed by atoms with Crippen LogP contribution in [0.15, 0.2) is 72.9 Å². The van der Waals surface area contributed by atoms with Crippen molar-refractivity contribution in [2.24, 2.45) is 0 Å². The second-order valence-corrected chi connectivity index (χ2v) is 6.38. The normalized spacial score (nSPS) is 12.6. The van der Waals surface area contributed by atoms with Gasteiger partial charge in [0.05, 0.1) is 18.3 Å². The van der Waals surface area contributed by atoms with Crippen LogP contribution in [-0.4, -0.2) is 14.3 Å². The van der Waals surface area contributed by atoms with Crippen molar-refractivity contribution in [3.8, 4) is 0 Å². The van der Waals surface area contributed by atoms with Crippen LogP contribution in [0.25, 0.3) is 10.9 Å². The molecule has 0 saturated heterocycles. The Morgan fingerprint density at radius 2 is 1.75 bits per heavy atom. The van der Waals surface area contributed by atoms with E-state index >= 15 is 0 Å². The summed E-state index contributed by atoms with van der Waals surface area (Å²) in [7, 11) is 0. The molecule has 1 atom stereocenters. The average molecular weight is 336 g/mol. The van der Waals surface area contributed by atoms with E-state index in [9.17, 15) is 0 Å². The lowest BCUT2D eigenvalue weighted by Crippen LogP contribution is -2.08. The minimum absolute atomic E-state index is 0.124. The highest BCUT2D eigenvalue weighted by atomic mass is 35.5. The molecule has 0 bridgehead atoms. The first-order valence-corrected chi connectivity index (χ1v) is 8.43. The van der Waals surface area contributed by atoms with E-state index in [2.05, 4.69) is 60.2 Å². The molecule has 0 aliphatic carbocycles. The molecule has 24 heavy (non-hydrogen) atoms. The monoisotopic (exact) mass is 335 g/mol. The van der Waals surface area contributed by atoms with E-state index in [4.69, 9.17) is 16.7 Å². The van der Waals surface area contributed by atoms with Crippen LogP contribution in [0.2, 0.25) is 5.15 Å². The number of aromatic nitrogens is 3. The summed E-state index contributed by atoms with van der Waals surface area (Å²) in [6, 6.07) is 22.8. The van der Waals surface area contributed by atoms with Crippen LogP contribution in [0.5, 0.6) is 0 Å². The molecular formula is C20H18ClN3. The van der Waals surface area contributed by atoms with Crippen LogP contribution in [0.4, 0.5) is 0 Å². The number of hydrogen-bond acceptors (Lipinski definition) is 1. The van der Waals surface area contributed by atoms with Gasteiger partial charge in [0.25, 0.3) is 0 Å². The SMILES string of the molecule is CC(c1cc(Cl)n(Cc2ccccc2)n1)n1ccc2ccccc21. The van der Waals surface area contributed by atoms with Crippen molar-refractivity contribution < 1.29 is 0 Å². The molecule has 0 fully saturated rings. The first-order chi connectivity index (χ1) is 11.7. The summed E-state index contributed by atoms with van der Waals surface area (Å²) >= 11 is 6.41. The molecule has 4 heteroatoms. The highest BCUT2D eigenvalue weighted by Gasteiger charge is 2.15. The fraction of sp³-hybridized carbons (Fsp3) is 0.150. The van der Waals surface area contributed by atoms with Crippen molar-refractivity contribution >= 4 is 22.5 Å². The van der Waals surface area contributed by atoms with Gasteiger partial charge in [0.15, 0.2) is 0 Å². The summed E-state index contributed by atoms with van der Waals surface area (Å²) in [5, 5.41) is 6.63. The Labute approximate surface area is 146 Å². The van der Waals surface area contributed by atoms with E-state index in [1.807, 2.05) is 28.9 Å². The van der Waals surface area contributed by atoms with E-state index in [1.54, 1.807) is 0 Å². The topological polar surface area (TPSA) is 22.8 Å². The first-order valence-electron chi connectivity index (χ1n) is 8.05. The zero-order valence-corrected chi connectivity index (χ0v) is 14.2. The predicted octanol–water partition coefficient (Wildman–Crippen LogP) is 5.15. The largest absolute Gasteiger partial charge is 0.339 e. The van der Waals surface area contributed by atoms with Crippen LogP contribution in [0.3, 0.4) is 0 Å². The molecule has 0 saturated carbocycles. The Hall–Kier alpha value is -2.52. The second kappa shape index (κ2) is 6.17. The molecule has 0 aliphatic rings. The predicted molar refractivity (Wildman–Crippen MR) is 98.5 cm³/mol. The average Bonchev–Trinajstić information content (AvgIpc) is 3.19. The van der Waals surface area contributed by atoms with Gasteiger partial charge in [-0.25, -0.2) is 4.68 Å². The van der Waals surface area contributed by atoms with Crippen LogP contribution in [-0.2, 0) is 6.54 Å². The summed E-state index contributed by atoms with van der Waals surface area (Å²) in [4.78, 5) is 0. The Bertz CT molecular complexity index is 969. The summed E-state index contributed by atoms with van der Waals surface area (Å²) in [6.07, 6.45) is 2.11. The van der Waals surface area contributed by atoms with E-state index in [0.29, 0.717) is 11.7 Å². The van der Waals surface area contributed by atoms with Crippen molar-refractivity contribution in [1.82, 2.24) is 14.3 Å². The molecule has 0 amide bonds. The molecule has 0 aliphatic heterocycles. The van der Waals surface area contributed by atoms with Gasteiger partial charge in [-0.15, -0.1) is 0 Å². The zero-order chi connectivity index (χ0) is 16.5. The minimum Gasteiger partial charge on any atom is -0.339 e. The molecule has 2 aromatic heterocycles. The number of fused-ring (bicyclic) bond motifs is 1. The van der Waals surface area contributed by atoms with Gasteiger partial charge in [-0.2, -0.15) is 5.10 Å². The van der Waals surface area contributed by atoms with Crippen LogP contribution < -0.4 is 0 Å². The van der Waals surface area contributed by atoms with Gasteiger partial charge in [-0.1, -0.05) is 60.1 Å². The number of halogens is 1. The lowest BCUT2D eigenvalue weighted by atomic mass is 10.2. The van der Waals surface area contributed by atoms with Crippen molar-refractivity contribution in [3.05, 3.63) is 89.3 Å². The molecule has 1 unspecified atom stereocenters. The Morgan fingerprint density at radius 3 is 2.58 bits per heavy atom. The molecule has 2 heterocycles. The summed E-state index contributed by atoms with van der Waals surface area (Å²) in [5.74, 6) is 0. The maximum Gasteiger partial charge on any atom is 0.127 e. The molecule has 2 aromatic carbocycles. The minimum atomic E-state index is 0.124. The summed E-state index contributed by atoms with van der Waals surface area (Å²) in [5.41, 5.74) is 3.36. The third-order valence-electron chi connectivity index (χ3n) is 4.40. The standard InChI is InChI=1S/C20H18ClN3/c1-15(23-12-11-17-9-5-6-10-19(17)23)18-13-20(21)24(22-18)14-16-7-3-2-4-8-16/h2-13,15H,14H2,1H3. The first kappa shape index (κ1) is 15.0. The van der Waals surface area contributed by atoms with E-state index in [-0.39, 0.29) is 6.04 Å². The van der Waals surface area contributed by atoms with Gasteiger partial charge >= 0.3 is 0 Å². The zero-order valence-electron chi connectivity index (χ0n) is 13.4. The highest BCUT2D eigenvalue weighted by Crippen LogP contribution is 2.26. The van der Waals surface area contributed by atoms with E-state index in [1.165, 1.54) is 16.5 Å². The van der Waals surface area contributed by atoms with Crippen molar-refractivity contribution in [2.75, 3.05) is 0 Å². The number of para-hydroxylation sites is 1. The van der Waals surface area contributed by atoms with Crippen molar-refractivity contribution in [3.63, 3.8) is 0 Å². The fourth-order valence-corrected chi connectivity index (χ4v) is 3.28. The fourth-order valence-electron chi connectivity index (χ4n) is 3.07. The molecule has 120 valence electrons. The summed E-state index contributed by atoms with van der Waals surface area (Å²) < 4.78 is 4.09. The Balaban J connectivity index is 1.66. The molecule has 0 N–H and O–H groups in total. The number of nitrogens with zero attached hydrogens (tertiary/aromatic N) is 3. The lowest BCUT2D eigenvalue weighted by Gasteiger charge is -2.13. The number of benzene rings is 2. The summed E-state index contributed by atoms with van der Waals surface area (Å²) in [6.45, 7) is 2.83. The van der Waals surface area contributed by atoms with Gasteiger partial charge < -0.3 is 4.57 Å². The van der Waals surface area contributed by atoms with Gasteiger partial charge in [0.2, 0.25) is 0 Å². The third-order valence-corrected chi connectivity index (χ3v) is 4.70. The van der Waals surface area contributed by atoms with Crippen molar-refractivity contribution in [2.45, 2.75) is 19.5 Å². The maximum atomic E-state index is 6.41. The maximum absolute atomic E-state index is 6.41. The van der Waals surface area contributed by atoms with Crippen molar-refractivity contribution in [1.29, 1.82) is 0 Å². The Morgan fingerprint density at radius 1 is 1.00 bits per heavy atom. The second-order valence-electron chi connectivity index (χ2n) is 5.99. The van der Waals surface area contributed by atoms with Crippen LogP contribution >= 0.6 is 11.6 Å². The van der Waals surface area contributed by atoms with Gasteiger partial charge in [-0.05, 0) is 30.0 Å². The number of rotatable bonds is 4.